The average Bonchev–Trinajstić information content (AvgIpc) is 2.07. The Balaban J connectivity index is 3.49. The molecule has 0 heterocycles. The van der Waals surface area contributed by atoms with Gasteiger partial charge in [-0.2, -0.15) is 18.4 Å². The first-order chi connectivity index (χ1) is 6.38. The predicted octanol–water partition coefficient (Wildman–Crippen LogP) is 3.47. The fraction of sp³-hybridized carbons (Fsp3) is 0.125. The van der Waals surface area contributed by atoms with Crippen LogP contribution in [-0.4, -0.2) is 0 Å². The summed E-state index contributed by atoms with van der Waals surface area (Å²) < 4.78 is 37.3. The van der Waals surface area contributed by atoms with Crippen LogP contribution in [0, 0.1) is 14.9 Å². The molecule has 0 saturated heterocycles. The van der Waals surface area contributed by atoms with Crippen LogP contribution < -0.4 is 0 Å². The highest BCUT2D eigenvalue weighted by Gasteiger charge is 2.34. The van der Waals surface area contributed by atoms with Crippen LogP contribution in [0.5, 0.6) is 0 Å². The van der Waals surface area contributed by atoms with Crippen molar-refractivity contribution in [1.82, 2.24) is 0 Å². The first kappa shape index (κ1) is 11.7. The largest absolute Gasteiger partial charge is 0.417 e. The van der Waals surface area contributed by atoms with E-state index in [4.69, 9.17) is 5.26 Å². The summed E-state index contributed by atoms with van der Waals surface area (Å²) in [4.78, 5) is 0.371. The van der Waals surface area contributed by atoms with Crippen LogP contribution in [-0.2, 0) is 6.18 Å². The number of thiol groups is 1. The molecule has 0 aliphatic carbocycles. The molecule has 1 aromatic carbocycles. The molecule has 0 fully saturated rings. The van der Waals surface area contributed by atoms with E-state index in [0.29, 0.717) is 4.90 Å². The van der Waals surface area contributed by atoms with Gasteiger partial charge in [0.15, 0.2) is 0 Å². The Morgan fingerprint density at radius 3 is 2.36 bits per heavy atom. The maximum atomic E-state index is 12.4. The summed E-state index contributed by atoms with van der Waals surface area (Å²) in [6.07, 6.45) is -4.49. The van der Waals surface area contributed by atoms with Crippen molar-refractivity contribution in [3.63, 3.8) is 0 Å². The van der Waals surface area contributed by atoms with Crippen molar-refractivity contribution in [2.75, 3.05) is 0 Å². The first-order valence-corrected chi connectivity index (χ1v) is 4.89. The summed E-state index contributed by atoms with van der Waals surface area (Å²) in [5.41, 5.74) is -1.28. The van der Waals surface area contributed by atoms with Gasteiger partial charge in [0, 0.05) is 8.47 Å². The monoisotopic (exact) mass is 329 g/mol. The fourth-order valence-electron chi connectivity index (χ4n) is 0.911. The van der Waals surface area contributed by atoms with Crippen molar-refractivity contribution in [1.29, 1.82) is 5.26 Å². The molecule has 1 aromatic rings. The maximum Gasteiger partial charge on any atom is 0.417 e. The molecule has 0 saturated carbocycles. The molecule has 6 heteroatoms. The van der Waals surface area contributed by atoms with Crippen LogP contribution >= 0.6 is 35.2 Å². The summed E-state index contributed by atoms with van der Waals surface area (Å²) in [6.45, 7) is 0. The molecule has 1 rings (SSSR count). The third-order valence-electron chi connectivity index (χ3n) is 1.54. The lowest BCUT2D eigenvalue weighted by atomic mass is 10.1. The molecular weight excluding hydrogens is 326 g/mol. The number of alkyl halides is 3. The molecule has 1 nitrogen and oxygen atoms in total. The average molecular weight is 329 g/mol. The zero-order valence-corrected chi connectivity index (χ0v) is 9.61. The smallest absolute Gasteiger partial charge is 0.192 e. The van der Waals surface area contributed by atoms with Gasteiger partial charge in [-0.1, -0.05) is 0 Å². The van der Waals surface area contributed by atoms with Gasteiger partial charge in [-0.15, -0.1) is 12.6 Å². The van der Waals surface area contributed by atoms with E-state index in [2.05, 4.69) is 12.6 Å². The quantitative estimate of drug-likeness (QED) is 0.572. The van der Waals surface area contributed by atoms with E-state index in [1.165, 1.54) is 12.1 Å². The van der Waals surface area contributed by atoms with Gasteiger partial charge in [-0.05, 0) is 34.7 Å². The molecule has 14 heavy (non-hydrogen) atoms. The highest BCUT2D eigenvalue weighted by Crippen LogP contribution is 2.35. The predicted molar refractivity (Wildman–Crippen MR) is 56.1 cm³/mol. The van der Waals surface area contributed by atoms with Gasteiger partial charge in [0.25, 0.3) is 0 Å². The van der Waals surface area contributed by atoms with Gasteiger partial charge in [0.1, 0.15) is 6.07 Å². The summed E-state index contributed by atoms with van der Waals surface area (Å²) in [5.74, 6) is 0. The minimum absolute atomic E-state index is 0.225. The minimum Gasteiger partial charge on any atom is -0.192 e. The SMILES string of the molecule is N#Cc1c(C(F)(F)F)ccc(S)c1I. The van der Waals surface area contributed by atoms with Crippen LogP contribution in [0.15, 0.2) is 17.0 Å². The lowest BCUT2D eigenvalue weighted by Gasteiger charge is -2.10. The summed E-state index contributed by atoms with van der Waals surface area (Å²) in [7, 11) is 0. The lowest BCUT2D eigenvalue weighted by molar-refractivity contribution is -0.137. The van der Waals surface area contributed by atoms with Gasteiger partial charge in [0.2, 0.25) is 0 Å². The Morgan fingerprint density at radius 1 is 1.36 bits per heavy atom. The second kappa shape index (κ2) is 3.98. The molecule has 0 radical (unpaired) electrons. The molecule has 0 amide bonds. The fourth-order valence-corrected chi connectivity index (χ4v) is 1.69. The Morgan fingerprint density at radius 2 is 1.93 bits per heavy atom. The third-order valence-corrected chi connectivity index (χ3v) is 3.46. The van der Waals surface area contributed by atoms with Crippen LogP contribution in [0.4, 0.5) is 13.2 Å². The summed E-state index contributed by atoms with van der Waals surface area (Å²) >= 11 is 5.61. The second-order valence-electron chi connectivity index (χ2n) is 2.43. The van der Waals surface area contributed by atoms with Crippen LogP contribution in [0.2, 0.25) is 0 Å². The van der Waals surface area contributed by atoms with Crippen molar-refractivity contribution in [3.05, 3.63) is 26.8 Å². The highest BCUT2D eigenvalue weighted by molar-refractivity contribution is 14.1. The second-order valence-corrected chi connectivity index (χ2v) is 3.99. The van der Waals surface area contributed by atoms with Crippen molar-refractivity contribution < 1.29 is 13.2 Å². The minimum atomic E-state index is -4.49. The van der Waals surface area contributed by atoms with Crippen LogP contribution in [0.1, 0.15) is 11.1 Å². The van der Waals surface area contributed by atoms with E-state index in [-0.39, 0.29) is 9.13 Å². The zero-order valence-electron chi connectivity index (χ0n) is 6.56. The topological polar surface area (TPSA) is 23.8 Å². The normalized spacial score (nSPS) is 11.1. The van der Waals surface area contributed by atoms with E-state index in [1.54, 1.807) is 22.6 Å². The molecule has 0 aliphatic heterocycles. The molecule has 0 bridgehead atoms. The molecule has 0 aromatic heterocycles. The Kier molecular flexibility index (Phi) is 3.32. The lowest BCUT2D eigenvalue weighted by Crippen LogP contribution is -2.09. The maximum absolute atomic E-state index is 12.4. The summed E-state index contributed by atoms with van der Waals surface area (Å²) in [6, 6.07) is 3.63. The number of nitriles is 1. The molecule has 0 unspecified atom stereocenters. The van der Waals surface area contributed by atoms with Crippen molar-refractivity contribution >= 4 is 35.2 Å². The van der Waals surface area contributed by atoms with Crippen LogP contribution in [0.25, 0.3) is 0 Å². The number of rotatable bonds is 0. The van der Waals surface area contributed by atoms with Crippen LogP contribution in [0.3, 0.4) is 0 Å². The molecular formula is C8H3F3INS. The number of hydrogen-bond donors (Lipinski definition) is 1. The molecule has 0 aliphatic rings. The van der Waals surface area contributed by atoms with E-state index >= 15 is 0 Å². The number of benzene rings is 1. The van der Waals surface area contributed by atoms with Crippen molar-refractivity contribution in [2.45, 2.75) is 11.1 Å². The molecule has 0 spiro atoms. The Bertz CT molecular complexity index is 408. The van der Waals surface area contributed by atoms with E-state index < -0.39 is 11.7 Å². The number of halogens is 4. The van der Waals surface area contributed by atoms with Crippen molar-refractivity contribution in [3.8, 4) is 6.07 Å². The number of hydrogen-bond acceptors (Lipinski definition) is 2. The van der Waals surface area contributed by atoms with Gasteiger partial charge in [-0.3, -0.25) is 0 Å². The highest BCUT2D eigenvalue weighted by atomic mass is 127. The van der Waals surface area contributed by atoms with E-state index in [1.807, 2.05) is 0 Å². The van der Waals surface area contributed by atoms with Gasteiger partial charge in [0.05, 0.1) is 11.1 Å². The third kappa shape index (κ3) is 2.15. The molecule has 0 atom stereocenters. The first-order valence-electron chi connectivity index (χ1n) is 3.36. The Labute approximate surface area is 97.5 Å². The van der Waals surface area contributed by atoms with Crippen molar-refractivity contribution in [2.24, 2.45) is 0 Å². The molecule has 74 valence electrons. The van der Waals surface area contributed by atoms with Gasteiger partial charge < -0.3 is 0 Å². The van der Waals surface area contributed by atoms with E-state index in [0.717, 1.165) is 6.07 Å². The zero-order chi connectivity index (χ0) is 10.9. The van der Waals surface area contributed by atoms with Gasteiger partial charge >= 0.3 is 6.18 Å². The standard InChI is InChI=1S/C8H3F3INS/c9-8(10,11)5-1-2-6(14)7(12)4(5)3-13/h1-2,14H. The molecule has 0 N–H and O–H groups in total. The Hall–Kier alpha value is -0.420. The van der Waals surface area contributed by atoms with E-state index in [9.17, 15) is 13.2 Å². The number of nitrogens with zero attached hydrogens (tertiary/aromatic N) is 1. The van der Waals surface area contributed by atoms with Gasteiger partial charge in [-0.25, -0.2) is 0 Å². The summed E-state index contributed by atoms with van der Waals surface area (Å²) in [5, 5.41) is 8.60.